The third kappa shape index (κ3) is 5.79. The van der Waals surface area contributed by atoms with Gasteiger partial charge in [0.15, 0.2) is 0 Å². The van der Waals surface area contributed by atoms with Gasteiger partial charge >= 0.3 is 11.9 Å². The van der Waals surface area contributed by atoms with Gasteiger partial charge < -0.3 is 10.6 Å². The summed E-state index contributed by atoms with van der Waals surface area (Å²) in [6.45, 7) is 2.37. The van der Waals surface area contributed by atoms with Crippen LogP contribution >= 0.6 is 0 Å². The summed E-state index contributed by atoms with van der Waals surface area (Å²) < 4.78 is 35.9. The highest BCUT2D eigenvalue weighted by molar-refractivity contribution is 5.69. The lowest BCUT2D eigenvalue weighted by atomic mass is 10.2. The zero-order valence-electron chi connectivity index (χ0n) is 11.4. The van der Waals surface area contributed by atoms with Crippen LogP contribution in [0.25, 0.3) is 0 Å². The monoisotopic (exact) mass is 307 g/mol. The summed E-state index contributed by atoms with van der Waals surface area (Å²) in [6.07, 6.45) is -3.71. The van der Waals surface area contributed by atoms with Gasteiger partial charge in [-0.2, -0.15) is 13.2 Å². The van der Waals surface area contributed by atoms with Gasteiger partial charge in [-0.15, -0.1) is 0 Å². The lowest BCUT2D eigenvalue weighted by Gasteiger charge is -2.09. The molecule has 10 heteroatoms. The van der Waals surface area contributed by atoms with Crippen LogP contribution in [-0.4, -0.2) is 34.2 Å². The van der Waals surface area contributed by atoms with E-state index < -0.39 is 17.5 Å². The molecule has 118 valence electrons. The second-order valence-electron chi connectivity index (χ2n) is 4.21. The summed E-state index contributed by atoms with van der Waals surface area (Å²) in [5.41, 5.74) is -0.310. The Kier molecular flexibility index (Phi) is 6.12. The molecular weight excluding hydrogens is 291 g/mol. The van der Waals surface area contributed by atoms with E-state index in [0.29, 0.717) is 6.54 Å². The average molecular weight is 307 g/mol. The third-order valence-corrected chi connectivity index (χ3v) is 2.53. The molecule has 0 aliphatic rings. The highest BCUT2D eigenvalue weighted by Gasteiger charge is 2.26. The first-order valence-corrected chi connectivity index (χ1v) is 6.39. The van der Waals surface area contributed by atoms with E-state index >= 15 is 0 Å². The maximum Gasteiger partial charge on any atom is 0.389 e. The summed E-state index contributed by atoms with van der Waals surface area (Å²) in [5.74, 6) is 0.0771. The van der Waals surface area contributed by atoms with E-state index in [9.17, 15) is 23.3 Å². The smallest absolute Gasteiger partial charge is 0.364 e. The molecule has 1 aromatic heterocycles. The lowest BCUT2D eigenvalue weighted by molar-refractivity contribution is -0.383. The minimum Gasteiger partial charge on any atom is -0.364 e. The Hall–Kier alpha value is -2.13. The summed E-state index contributed by atoms with van der Waals surface area (Å²) in [7, 11) is 0. The number of alkyl halides is 3. The summed E-state index contributed by atoms with van der Waals surface area (Å²) in [4.78, 5) is 17.9. The fourth-order valence-corrected chi connectivity index (χ4v) is 1.64. The van der Waals surface area contributed by atoms with E-state index in [4.69, 9.17) is 0 Å². The molecule has 0 fully saturated rings. The molecule has 1 aromatic rings. The Labute approximate surface area is 119 Å². The zero-order chi connectivity index (χ0) is 15.9. The number of nitrogens with zero attached hydrogens (tertiary/aromatic N) is 3. The number of rotatable bonds is 8. The number of aromatic nitrogens is 2. The quantitative estimate of drug-likeness (QED) is 0.436. The van der Waals surface area contributed by atoms with Crippen LogP contribution < -0.4 is 10.6 Å². The van der Waals surface area contributed by atoms with E-state index in [-0.39, 0.29) is 36.7 Å². The topological polar surface area (TPSA) is 93.0 Å². The number of hydrogen-bond donors (Lipinski definition) is 2. The van der Waals surface area contributed by atoms with Crippen LogP contribution in [0.1, 0.15) is 26.2 Å². The van der Waals surface area contributed by atoms with Crippen LogP contribution in [-0.2, 0) is 0 Å². The van der Waals surface area contributed by atoms with Crippen molar-refractivity contribution in [3.63, 3.8) is 0 Å². The Morgan fingerprint density at radius 2 is 1.86 bits per heavy atom. The highest BCUT2D eigenvalue weighted by atomic mass is 19.4. The number of nitro groups is 1. The predicted molar refractivity (Wildman–Crippen MR) is 71.2 cm³/mol. The van der Waals surface area contributed by atoms with Crippen molar-refractivity contribution in [1.82, 2.24) is 9.97 Å². The van der Waals surface area contributed by atoms with Crippen LogP contribution in [0.15, 0.2) is 6.33 Å². The molecule has 1 heterocycles. The van der Waals surface area contributed by atoms with Crippen molar-refractivity contribution in [2.45, 2.75) is 32.4 Å². The van der Waals surface area contributed by atoms with E-state index in [2.05, 4.69) is 20.6 Å². The normalized spacial score (nSPS) is 11.2. The summed E-state index contributed by atoms with van der Waals surface area (Å²) >= 11 is 0. The van der Waals surface area contributed by atoms with Gasteiger partial charge in [0.2, 0.25) is 11.6 Å². The van der Waals surface area contributed by atoms with Gasteiger partial charge in [-0.25, -0.2) is 9.97 Å². The van der Waals surface area contributed by atoms with Crippen LogP contribution in [0.4, 0.5) is 30.5 Å². The van der Waals surface area contributed by atoms with Crippen molar-refractivity contribution in [3.8, 4) is 0 Å². The molecule has 0 aliphatic heterocycles. The number of unbranched alkanes of at least 4 members (excludes halogenated alkanes) is 1. The maximum absolute atomic E-state index is 12.0. The van der Waals surface area contributed by atoms with Crippen molar-refractivity contribution in [1.29, 1.82) is 0 Å². The van der Waals surface area contributed by atoms with Gasteiger partial charge in [0.25, 0.3) is 0 Å². The average Bonchev–Trinajstić information content (AvgIpc) is 2.37. The first kappa shape index (κ1) is 16.9. The molecule has 21 heavy (non-hydrogen) atoms. The van der Waals surface area contributed by atoms with E-state index in [1.807, 2.05) is 0 Å². The van der Waals surface area contributed by atoms with E-state index in [1.165, 1.54) is 0 Å². The summed E-state index contributed by atoms with van der Waals surface area (Å²) in [6, 6.07) is 0. The second-order valence-corrected chi connectivity index (χ2v) is 4.21. The predicted octanol–water partition coefficient (Wildman–Crippen LogP) is 2.96. The zero-order valence-corrected chi connectivity index (χ0v) is 11.4. The molecule has 0 atom stereocenters. The summed E-state index contributed by atoms with van der Waals surface area (Å²) in [5, 5.41) is 16.5. The van der Waals surface area contributed by atoms with Crippen molar-refractivity contribution in [2.24, 2.45) is 0 Å². The van der Waals surface area contributed by atoms with Crippen LogP contribution in [0.2, 0.25) is 0 Å². The van der Waals surface area contributed by atoms with E-state index in [1.54, 1.807) is 6.92 Å². The SMILES string of the molecule is CCNc1ncnc(NCCCCC(F)(F)F)c1[N+](=O)[O-]. The Balaban J connectivity index is 2.62. The standard InChI is InChI=1S/C11H16F3N5O2/c1-2-15-9-8(19(20)21)10(18-7-17-9)16-6-4-3-5-11(12,13)14/h7H,2-6H2,1H3,(H2,15,16,17,18). The molecule has 2 N–H and O–H groups in total. The Bertz CT molecular complexity index is 481. The molecule has 0 aliphatic carbocycles. The molecule has 1 rings (SSSR count). The van der Waals surface area contributed by atoms with Crippen molar-refractivity contribution >= 4 is 17.3 Å². The molecule has 0 spiro atoms. The van der Waals surface area contributed by atoms with Gasteiger partial charge in [-0.1, -0.05) is 0 Å². The number of hydrogen-bond acceptors (Lipinski definition) is 6. The minimum absolute atomic E-state index is 0.00189. The Morgan fingerprint density at radius 1 is 1.24 bits per heavy atom. The van der Waals surface area contributed by atoms with Crippen LogP contribution in [0.5, 0.6) is 0 Å². The lowest BCUT2D eigenvalue weighted by Crippen LogP contribution is -2.12. The minimum atomic E-state index is -4.18. The number of halogens is 3. The largest absolute Gasteiger partial charge is 0.389 e. The van der Waals surface area contributed by atoms with Crippen molar-refractivity contribution < 1.29 is 18.1 Å². The second kappa shape index (κ2) is 7.60. The first-order chi connectivity index (χ1) is 9.85. The molecule has 0 saturated carbocycles. The molecule has 0 saturated heterocycles. The van der Waals surface area contributed by atoms with Gasteiger partial charge in [0.05, 0.1) is 4.92 Å². The molecular formula is C11H16F3N5O2. The van der Waals surface area contributed by atoms with Gasteiger partial charge in [-0.05, 0) is 19.8 Å². The molecule has 0 aromatic carbocycles. The molecule has 0 radical (unpaired) electrons. The fourth-order valence-electron chi connectivity index (χ4n) is 1.64. The fraction of sp³-hybridized carbons (Fsp3) is 0.636. The van der Waals surface area contributed by atoms with Gasteiger partial charge in [0.1, 0.15) is 6.33 Å². The molecule has 0 unspecified atom stereocenters. The molecule has 0 amide bonds. The first-order valence-electron chi connectivity index (χ1n) is 6.39. The van der Waals surface area contributed by atoms with Gasteiger partial charge in [0, 0.05) is 19.5 Å². The number of nitrogens with one attached hydrogen (secondary N) is 2. The van der Waals surface area contributed by atoms with Crippen molar-refractivity contribution in [3.05, 3.63) is 16.4 Å². The highest BCUT2D eigenvalue weighted by Crippen LogP contribution is 2.28. The third-order valence-electron chi connectivity index (χ3n) is 2.53. The maximum atomic E-state index is 12.0. The molecule has 0 bridgehead atoms. The van der Waals surface area contributed by atoms with Crippen LogP contribution in [0, 0.1) is 10.1 Å². The van der Waals surface area contributed by atoms with Crippen LogP contribution in [0.3, 0.4) is 0 Å². The Morgan fingerprint density at radius 3 is 2.38 bits per heavy atom. The van der Waals surface area contributed by atoms with Crippen molar-refractivity contribution in [2.75, 3.05) is 23.7 Å². The van der Waals surface area contributed by atoms with Gasteiger partial charge in [-0.3, -0.25) is 10.1 Å². The van der Waals surface area contributed by atoms with E-state index in [0.717, 1.165) is 6.33 Å². The molecule has 7 nitrogen and oxygen atoms in total. The number of anilines is 2.